The number of aromatic hydroxyl groups is 2. The molecule has 0 amide bonds. The van der Waals surface area contributed by atoms with Gasteiger partial charge in [0.1, 0.15) is 22.9 Å². The number of para-hydroxylation sites is 4. The fourth-order valence-electron chi connectivity index (χ4n) is 5.52. The van der Waals surface area contributed by atoms with Crippen molar-refractivity contribution in [3.8, 4) is 56.6 Å². The van der Waals surface area contributed by atoms with Gasteiger partial charge in [-0.05, 0) is 48.8 Å². The molecule has 0 aliphatic heterocycles. The second kappa shape index (κ2) is 41.4. The van der Waals surface area contributed by atoms with Gasteiger partial charge in [0, 0.05) is 140 Å². The number of aryl methyl sites for hydroxylation is 3. The summed E-state index contributed by atoms with van der Waals surface area (Å²) in [4.78, 5) is 12.7. The van der Waals surface area contributed by atoms with E-state index in [-0.39, 0.29) is 99.2 Å². The maximum absolute atomic E-state index is 9.42. The molecule has 0 unspecified atom stereocenters. The second-order valence-electron chi connectivity index (χ2n) is 13.1. The molecule has 4 radical (unpaired) electrons. The van der Waals surface area contributed by atoms with Crippen LogP contribution in [0.15, 0.2) is 202 Å². The Morgan fingerprint density at radius 3 is 1.16 bits per heavy atom. The number of rotatable bonds is 5. The Labute approximate surface area is 502 Å². The van der Waals surface area contributed by atoms with E-state index in [1.54, 1.807) is 71.1 Å². The third-order valence-corrected chi connectivity index (χ3v) is 8.42. The average Bonchev–Trinajstić information content (AvgIpc) is 4.23. The molecule has 0 saturated heterocycles. The molecule has 370 valence electrons. The molecule has 0 bridgehead atoms. The van der Waals surface area contributed by atoms with Crippen LogP contribution in [0, 0.1) is 19.6 Å². The van der Waals surface area contributed by atoms with Crippen LogP contribution in [0.5, 0.6) is 11.5 Å². The van der Waals surface area contributed by atoms with Gasteiger partial charge in [-0.3, -0.25) is 9.97 Å². The van der Waals surface area contributed by atoms with Gasteiger partial charge in [-0.1, -0.05) is 63.0 Å². The summed E-state index contributed by atoms with van der Waals surface area (Å²) in [6, 6.07) is 49.9. The van der Waals surface area contributed by atoms with E-state index < -0.39 is 0 Å². The molecule has 0 aliphatic carbocycles. The summed E-state index contributed by atoms with van der Waals surface area (Å²) in [7, 11) is 10.5. The Hall–Kier alpha value is -3.08. The van der Waals surface area contributed by atoms with E-state index in [2.05, 4.69) is 59.0 Å². The molecule has 10 aromatic rings. The van der Waals surface area contributed by atoms with Crippen molar-refractivity contribution < 1.29 is 100.0 Å². The molecule has 10 rings (SSSR count). The number of aromatic nitrogens is 10. The molecular formula is C49H52BClCo3Ir2N10Na2O2-3. The second-order valence-corrected chi connectivity index (χ2v) is 13.1. The van der Waals surface area contributed by atoms with Crippen LogP contribution in [0.3, 0.4) is 0 Å². The first-order valence-corrected chi connectivity index (χ1v) is 30.9. The number of nitrogens with zero attached hydrogens (tertiary/aromatic N) is 10. The van der Waals surface area contributed by atoms with Crippen molar-refractivity contribution in [2.75, 3.05) is 0 Å². The zero-order valence-electron chi connectivity index (χ0n) is 39.5. The van der Waals surface area contributed by atoms with Crippen LogP contribution in [0.1, 0.15) is 1.43 Å². The molecule has 0 spiro atoms. The van der Waals surface area contributed by atoms with Crippen molar-refractivity contribution in [1.82, 2.24) is 48.2 Å². The predicted molar refractivity (Wildman–Crippen MR) is 270 cm³/mol. The third kappa shape index (κ3) is 24.6. The third-order valence-electron chi connectivity index (χ3n) is 8.42. The van der Waals surface area contributed by atoms with Gasteiger partial charge >= 0.3 is 71.1 Å². The Morgan fingerprint density at radius 1 is 0.514 bits per heavy atom. The fraction of sp³-hybridized carbons (Fsp3) is 0.0612. The first kappa shape index (κ1) is 71.2. The van der Waals surface area contributed by atoms with Crippen LogP contribution in [0.4, 0.5) is 0 Å². The number of halogens is 1. The minimum atomic E-state index is 0. The van der Waals surface area contributed by atoms with Gasteiger partial charge in [0.2, 0.25) is 0 Å². The predicted octanol–water partition coefficient (Wildman–Crippen LogP) is 8.04. The van der Waals surface area contributed by atoms with Gasteiger partial charge in [0.25, 0.3) is 0 Å². The molecule has 2 N–H and O–H groups in total. The van der Waals surface area contributed by atoms with E-state index in [4.69, 9.17) is 0 Å². The average molecular weight is 1470 g/mol. The van der Waals surface area contributed by atoms with Crippen LogP contribution in [0.25, 0.3) is 45.1 Å². The Morgan fingerprint density at radius 2 is 0.857 bits per heavy atom. The monoisotopic (exact) mass is 1470 g/mol. The fourth-order valence-corrected chi connectivity index (χ4v) is 5.52. The van der Waals surface area contributed by atoms with Gasteiger partial charge in [-0.15, -0.1) is 71.8 Å². The molecule has 0 fully saturated rings. The van der Waals surface area contributed by atoms with Crippen LogP contribution < -0.4 is 0 Å². The number of hydrogen-bond acceptors (Lipinski definition) is 7. The van der Waals surface area contributed by atoms with E-state index in [0.29, 0.717) is 11.4 Å². The van der Waals surface area contributed by atoms with E-state index in [0.717, 1.165) is 33.8 Å². The maximum atomic E-state index is 9.42. The summed E-state index contributed by atoms with van der Waals surface area (Å²) in [5.74, 6) is 0.474. The number of phenolic OH excluding ortho intramolecular Hbond substituents is 2. The number of imidazole rings is 3. The zero-order chi connectivity index (χ0) is 45.9. The molecular weight excluding hydrogens is 1410 g/mol. The number of phenols is 2. The normalized spacial score (nSPS) is 8.81. The van der Waals surface area contributed by atoms with E-state index in [1.165, 1.54) is 61.5 Å². The first-order chi connectivity index (χ1) is 31.3. The molecule has 12 nitrogen and oxygen atoms in total. The van der Waals surface area contributed by atoms with E-state index >= 15 is 0 Å². The standard InChI is InChI=1S/C10H10N2.2C10H9N2.2C9H8N2O.CH3.BH4.ClH.3Co.2Ir.2Na.H/c3*1-12-7-10(11-8-12)9-5-3-2-4-6-9;2*12-9-5-2-1-4-8(9)11-7-3-6-10-11;;;;;;;;;;;/h2-8H,1H3;2*2-5,7-8H,1H3;2*1-7,12H;1H3;1H4;1H;;;;;;;;/q;2*-1;;;2*-1;;;;;;+3;;;-1/p-1/i;;;;;;;;;;;;;;;1+1. The van der Waals surface area contributed by atoms with Crippen LogP contribution in [-0.2, 0) is 109 Å². The van der Waals surface area contributed by atoms with E-state index in [1.807, 2.05) is 163 Å². The number of benzene rings is 5. The van der Waals surface area contributed by atoms with E-state index in [9.17, 15) is 10.2 Å². The van der Waals surface area contributed by atoms with Crippen molar-refractivity contribution in [2.45, 2.75) is 0 Å². The molecule has 5 aromatic heterocycles. The van der Waals surface area contributed by atoms with Crippen molar-refractivity contribution >= 4 is 61.6 Å². The quantitative estimate of drug-likeness (QED) is 0.132. The topological polar surface area (TPSA) is 130 Å². The molecule has 0 atom stereocenters. The minimum absolute atomic E-state index is 0. The van der Waals surface area contributed by atoms with Gasteiger partial charge in [-0.2, -0.15) is 10.2 Å². The molecule has 0 saturated carbocycles. The van der Waals surface area contributed by atoms with Gasteiger partial charge in [0.05, 0.1) is 24.7 Å². The molecule has 5 aromatic carbocycles. The number of hydrogen-bond donors (Lipinski definition) is 2. The van der Waals surface area contributed by atoms with Gasteiger partial charge < -0.3 is 32.8 Å². The summed E-state index contributed by atoms with van der Waals surface area (Å²) in [5.41, 5.74) is 7.61. The van der Waals surface area contributed by atoms with Gasteiger partial charge in [-0.25, -0.2) is 14.3 Å². The summed E-state index contributed by atoms with van der Waals surface area (Å²) < 4.78 is 9.04. The Balaban J connectivity index is -0.000000379. The summed E-state index contributed by atoms with van der Waals surface area (Å²) >= 11 is 4.36. The van der Waals surface area contributed by atoms with Crippen LogP contribution in [0.2, 0.25) is 0 Å². The van der Waals surface area contributed by atoms with Crippen molar-refractivity contribution in [2.24, 2.45) is 21.1 Å². The molecule has 5 heterocycles. The van der Waals surface area contributed by atoms with Crippen molar-refractivity contribution in [1.29, 1.82) is 0 Å². The van der Waals surface area contributed by atoms with Crippen LogP contribution in [-0.4, -0.2) is 110 Å². The first-order valence-electron chi connectivity index (χ1n) is 20.0. The Kier molecular flexibility index (Phi) is 42.1. The van der Waals surface area contributed by atoms with Crippen molar-refractivity contribution in [3.63, 3.8) is 0 Å². The van der Waals surface area contributed by atoms with Crippen molar-refractivity contribution in [3.05, 3.63) is 221 Å². The summed E-state index contributed by atoms with van der Waals surface area (Å²) in [6.45, 7) is 0. The van der Waals surface area contributed by atoms with Gasteiger partial charge in [0.15, 0.2) is 0 Å². The SMILES string of the molecule is Cn1cnc(-c2[c-]cccc2)c1.Cn1cnc(-c2[c-]cccc2)c1.Cn1cnc(-c2ccccc2)c1.Oc1ccccc1-n1cccn1.Oc1ccccc1-n1cccn1.[2H-].[BH4-].[CH3-].[Cl][Ir+2].[Co].[Co].[Co].[Ir].[Na][Na]. The van der Waals surface area contributed by atoms with Crippen LogP contribution >= 0.6 is 9.58 Å². The molecule has 21 heteroatoms. The Bertz CT molecular complexity index is 2520. The molecule has 70 heavy (non-hydrogen) atoms. The summed E-state index contributed by atoms with van der Waals surface area (Å²) in [6.07, 6.45) is 18.3. The molecule has 0 aliphatic rings. The zero-order valence-corrected chi connectivity index (χ0v) is 51.1. The summed E-state index contributed by atoms with van der Waals surface area (Å²) in [5, 5.41) is 26.9.